The van der Waals surface area contributed by atoms with E-state index in [1.807, 2.05) is 91.5 Å². The maximum atomic E-state index is 14.7. The molecule has 2 aliphatic heterocycles. The number of hydrogen-bond acceptors (Lipinski definition) is 7. The van der Waals surface area contributed by atoms with Gasteiger partial charge in [-0.25, -0.2) is 4.79 Å². The number of nitrogens with one attached hydrogen (secondary N) is 2. The summed E-state index contributed by atoms with van der Waals surface area (Å²) in [6, 6.07) is 24.9. The highest BCUT2D eigenvalue weighted by Gasteiger charge is 2.31. The zero-order valence-corrected chi connectivity index (χ0v) is 27.0. The number of anilines is 1. The third-order valence-electron chi connectivity index (χ3n) is 8.32. The minimum atomic E-state index is -0.316. The minimum absolute atomic E-state index is 0.00774. The summed E-state index contributed by atoms with van der Waals surface area (Å²) in [5.41, 5.74) is 3.78. The molecular weight excluding hydrogens is 596 g/mol. The van der Waals surface area contributed by atoms with Gasteiger partial charge >= 0.3 is 5.69 Å². The van der Waals surface area contributed by atoms with Gasteiger partial charge in [-0.15, -0.1) is 0 Å². The van der Waals surface area contributed by atoms with Crippen LogP contribution in [-0.2, 0) is 16.1 Å². The summed E-state index contributed by atoms with van der Waals surface area (Å²) >= 11 is 0. The van der Waals surface area contributed by atoms with Gasteiger partial charge < -0.3 is 29.9 Å². The van der Waals surface area contributed by atoms with Crippen LogP contribution in [0.4, 0.5) is 5.69 Å². The predicted molar refractivity (Wildman–Crippen MR) is 182 cm³/mol. The molecule has 0 radical (unpaired) electrons. The SMILES string of the molecule is CC(C)NC(=O)COc1cccc(Cn2c(C(=O)N3CCNCC3)c(-c3ccccc3)n(-c3cccc(N4CCOCC4)c3)c2=O)c1. The first-order chi connectivity index (χ1) is 22.9. The van der Waals surface area contributed by atoms with Crippen molar-refractivity contribution in [2.75, 3.05) is 64.0 Å². The fourth-order valence-corrected chi connectivity index (χ4v) is 6.11. The minimum Gasteiger partial charge on any atom is -0.484 e. The molecule has 47 heavy (non-hydrogen) atoms. The van der Waals surface area contributed by atoms with Crippen molar-refractivity contribution in [3.8, 4) is 22.7 Å². The van der Waals surface area contributed by atoms with Crippen molar-refractivity contribution in [1.29, 1.82) is 0 Å². The summed E-state index contributed by atoms with van der Waals surface area (Å²) in [6.45, 7) is 9.06. The number of nitrogens with zero attached hydrogens (tertiary/aromatic N) is 4. The maximum absolute atomic E-state index is 14.7. The lowest BCUT2D eigenvalue weighted by atomic mass is 10.1. The average molecular weight is 639 g/mol. The van der Waals surface area contributed by atoms with E-state index in [1.54, 1.807) is 15.2 Å². The molecule has 3 aromatic carbocycles. The van der Waals surface area contributed by atoms with Crippen molar-refractivity contribution in [2.24, 2.45) is 0 Å². The third kappa shape index (κ3) is 7.42. The van der Waals surface area contributed by atoms with Gasteiger partial charge in [0.15, 0.2) is 6.61 Å². The molecule has 0 bridgehead atoms. The molecule has 0 saturated carbocycles. The Kier molecular flexibility index (Phi) is 10.0. The highest BCUT2D eigenvalue weighted by molar-refractivity contribution is 5.99. The van der Waals surface area contributed by atoms with Crippen molar-refractivity contribution in [2.45, 2.75) is 26.4 Å². The van der Waals surface area contributed by atoms with Crippen LogP contribution in [0.2, 0.25) is 0 Å². The van der Waals surface area contributed by atoms with E-state index >= 15 is 0 Å². The Bertz CT molecular complexity index is 1750. The molecule has 11 nitrogen and oxygen atoms in total. The zero-order chi connectivity index (χ0) is 32.8. The molecule has 6 rings (SSSR count). The van der Waals surface area contributed by atoms with E-state index in [4.69, 9.17) is 9.47 Å². The highest BCUT2D eigenvalue weighted by Crippen LogP contribution is 2.30. The van der Waals surface area contributed by atoms with Gasteiger partial charge in [-0.3, -0.25) is 18.7 Å². The number of carbonyl (C=O) groups excluding carboxylic acids is 2. The molecule has 0 unspecified atom stereocenters. The molecule has 3 heterocycles. The molecule has 2 aliphatic rings. The first kappa shape index (κ1) is 32.1. The number of carbonyl (C=O) groups is 2. The van der Waals surface area contributed by atoms with Crippen molar-refractivity contribution >= 4 is 17.5 Å². The smallest absolute Gasteiger partial charge is 0.334 e. The molecule has 2 saturated heterocycles. The largest absolute Gasteiger partial charge is 0.484 e. The Balaban J connectivity index is 1.46. The van der Waals surface area contributed by atoms with Gasteiger partial charge in [-0.1, -0.05) is 48.5 Å². The molecule has 1 aromatic heterocycles. The standard InChI is InChI=1S/C36H42N6O5/c1-26(2)38-32(43)25-47-31-13-6-8-27(22-31)24-41-34(35(44)40-16-14-37-15-17-40)33(28-9-4-3-5-10-28)42(36(41)45)30-12-7-11-29(23-30)39-18-20-46-21-19-39/h3-13,22-23,26,37H,14-21,24-25H2,1-2H3,(H,38,43). The second-order valence-electron chi connectivity index (χ2n) is 12.1. The first-order valence-electron chi connectivity index (χ1n) is 16.2. The summed E-state index contributed by atoms with van der Waals surface area (Å²) in [4.78, 5) is 45.4. The zero-order valence-electron chi connectivity index (χ0n) is 27.0. The second-order valence-corrected chi connectivity index (χ2v) is 12.1. The number of ether oxygens (including phenoxy) is 2. The van der Waals surface area contributed by atoms with Crippen LogP contribution in [0.15, 0.2) is 83.7 Å². The number of morpholine rings is 1. The van der Waals surface area contributed by atoms with Crippen LogP contribution in [0, 0.1) is 0 Å². The van der Waals surface area contributed by atoms with Crippen LogP contribution < -0.4 is 26.0 Å². The fourth-order valence-electron chi connectivity index (χ4n) is 6.11. The van der Waals surface area contributed by atoms with Gasteiger partial charge in [0.05, 0.1) is 31.1 Å². The Morgan fingerprint density at radius 2 is 1.62 bits per heavy atom. The lowest BCUT2D eigenvalue weighted by molar-refractivity contribution is -0.123. The van der Waals surface area contributed by atoms with Gasteiger partial charge in [0, 0.05) is 56.6 Å². The van der Waals surface area contributed by atoms with Crippen molar-refractivity contribution in [1.82, 2.24) is 24.7 Å². The number of aromatic nitrogens is 2. The van der Waals surface area contributed by atoms with Crippen LogP contribution in [-0.4, -0.2) is 91.0 Å². The number of rotatable bonds is 10. The number of piperazine rings is 1. The molecule has 2 N–H and O–H groups in total. The summed E-state index contributed by atoms with van der Waals surface area (Å²) < 4.78 is 14.6. The predicted octanol–water partition coefficient (Wildman–Crippen LogP) is 3.14. The molecule has 0 aliphatic carbocycles. The Hall–Kier alpha value is -4.87. The maximum Gasteiger partial charge on any atom is 0.334 e. The Morgan fingerprint density at radius 3 is 2.36 bits per heavy atom. The van der Waals surface area contributed by atoms with Crippen LogP contribution in [0.3, 0.4) is 0 Å². The van der Waals surface area contributed by atoms with Crippen LogP contribution in [0.1, 0.15) is 29.9 Å². The fraction of sp³-hybridized carbons (Fsp3) is 0.361. The molecule has 2 fully saturated rings. The summed E-state index contributed by atoms with van der Waals surface area (Å²) in [5.74, 6) is 0.100. The van der Waals surface area contributed by atoms with Gasteiger partial charge in [0.2, 0.25) is 0 Å². The van der Waals surface area contributed by atoms with E-state index in [9.17, 15) is 14.4 Å². The van der Waals surface area contributed by atoms with E-state index in [-0.39, 0.29) is 36.7 Å². The van der Waals surface area contributed by atoms with Gasteiger partial charge in [0.1, 0.15) is 11.4 Å². The molecule has 0 spiro atoms. The second kappa shape index (κ2) is 14.7. The van der Waals surface area contributed by atoms with Gasteiger partial charge in [-0.05, 0) is 49.7 Å². The molecule has 11 heteroatoms. The normalized spacial score (nSPS) is 15.1. The van der Waals surface area contributed by atoms with Crippen molar-refractivity contribution in [3.05, 3.63) is 101 Å². The highest BCUT2D eigenvalue weighted by atomic mass is 16.5. The number of benzene rings is 3. The molecule has 0 atom stereocenters. The average Bonchev–Trinajstić information content (AvgIpc) is 3.39. The van der Waals surface area contributed by atoms with Crippen LogP contribution >= 0.6 is 0 Å². The summed E-state index contributed by atoms with van der Waals surface area (Å²) in [6.07, 6.45) is 0. The molecule has 4 aromatic rings. The van der Waals surface area contributed by atoms with E-state index in [1.165, 1.54) is 0 Å². The molecular formula is C36H42N6O5. The van der Waals surface area contributed by atoms with Gasteiger partial charge in [-0.2, -0.15) is 0 Å². The lowest BCUT2D eigenvalue weighted by Crippen LogP contribution is -2.47. The quantitative estimate of drug-likeness (QED) is 0.275. The van der Waals surface area contributed by atoms with Crippen LogP contribution in [0.5, 0.6) is 5.75 Å². The molecule has 246 valence electrons. The third-order valence-corrected chi connectivity index (χ3v) is 8.32. The van der Waals surface area contributed by atoms with E-state index in [0.29, 0.717) is 62.2 Å². The first-order valence-corrected chi connectivity index (χ1v) is 16.2. The van der Waals surface area contributed by atoms with Crippen molar-refractivity contribution in [3.63, 3.8) is 0 Å². The van der Waals surface area contributed by atoms with E-state index in [2.05, 4.69) is 15.5 Å². The summed E-state index contributed by atoms with van der Waals surface area (Å²) in [7, 11) is 0. The number of amides is 2. The van der Waals surface area contributed by atoms with E-state index < -0.39 is 0 Å². The summed E-state index contributed by atoms with van der Waals surface area (Å²) in [5, 5.41) is 6.14. The van der Waals surface area contributed by atoms with E-state index in [0.717, 1.165) is 29.9 Å². The number of imidazole rings is 1. The number of hydrogen-bond donors (Lipinski definition) is 2. The van der Waals surface area contributed by atoms with Crippen LogP contribution in [0.25, 0.3) is 16.9 Å². The van der Waals surface area contributed by atoms with Gasteiger partial charge in [0.25, 0.3) is 11.8 Å². The van der Waals surface area contributed by atoms with Crippen molar-refractivity contribution < 1.29 is 19.1 Å². The topological polar surface area (TPSA) is 110 Å². The lowest BCUT2D eigenvalue weighted by Gasteiger charge is -2.29. The molecule has 2 amide bonds. The Morgan fingerprint density at radius 1 is 0.894 bits per heavy atom. The Labute approximate surface area is 274 Å². The monoisotopic (exact) mass is 638 g/mol.